The van der Waals surface area contributed by atoms with Gasteiger partial charge in [0, 0.05) is 25.6 Å². The zero-order valence-corrected chi connectivity index (χ0v) is 11.7. The molecule has 0 aromatic heterocycles. The SMILES string of the molecule is CCCCCCCCNC(=O)CC1COCCN1. The van der Waals surface area contributed by atoms with Crippen LogP contribution in [0.5, 0.6) is 0 Å². The molecule has 0 aromatic rings. The van der Waals surface area contributed by atoms with Crippen molar-refractivity contribution >= 4 is 5.91 Å². The van der Waals surface area contributed by atoms with Crippen molar-refractivity contribution in [2.75, 3.05) is 26.3 Å². The first-order valence-corrected chi connectivity index (χ1v) is 7.40. The molecule has 1 heterocycles. The van der Waals surface area contributed by atoms with Gasteiger partial charge in [-0.25, -0.2) is 0 Å². The molecule has 4 heteroatoms. The molecule has 0 aromatic carbocycles. The zero-order valence-electron chi connectivity index (χ0n) is 11.7. The van der Waals surface area contributed by atoms with Gasteiger partial charge in [0.25, 0.3) is 0 Å². The van der Waals surface area contributed by atoms with Crippen LogP contribution >= 0.6 is 0 Å². The molecule has 0 spiro atoms. The summed E-state index contributed by atoms with van der Waals surface area (Å²) in [4.78, 5) is 11.6. The molecule has 4 nitrogen and oxygen atoms in total. The van der Waals surface area contributed by atoms with Gasteiger partial charge in [0.05, 0.1) is 13.2 Å². The number of unbranched alkanes of at least 4 members (excludes halogenated alkanes) is 5. The van der Waals surface area contributed by atoms with E-state index in [0.29, 0.717) is 13.0 Å². The van der Waals surface area contributed by atoms with E-state index in [2.05, 4.69) is 17.6 Å². The van der Waals surface area contributed by atoms with E-state index >= 15 is 0 Å². The lowest BCUT2D eigenvalue weighted by Crippen LogP contribution is -2.44. The number of hydrogen-bond donors (Lipinski definition) is 2. The van der Waals surface area contributed by atoms with Gasteiger partial charge in [0.15, 0.2) is 0 Å². The van der Waals surface area contributed by atoms with Gasteiger partial charge in [-0.3, -0.25) is 4.79 Å². The van der Waals surface area contributed by atoms with E-state index in [4.69, 9.17) is 4.74 Å². The van der Waals surface area contributed by atoms with Crippen LogP contribution in [0.2, 0.25) is 0 Å². The van der Waals surface area contributed by atoms with Gasteiger partial charge in [-0.2, -0.15) is 0 Å². The van der Waals surface area contributed by atoms with E-state index in [1.54, 1.807) is 0 Å². The highest BCUT2D eigenvalue weighted by Gasteiger charge is 2.16. The minimum absolute atomic E-state index is 0.145. The molecule has 1 saturated heterocycles. The normalized spacial score (nSPS) is 19.7. The van der Waals surface area contributed by atoms with Crippen LogP contribution in [0.4, 0.5) is 0 Å². The maximum absolute atomic E-state index is 11.6. The van der Waals surface area contributed by atoms with Crippen molar-refractivity contribution in [1.29, 1.82) is 0 Å². The lowest BCUT2D eigenvalue weighted by Gasteiger charge is -2.23. The second kappa shape index (κ2) is 10.3. The highest BCUT2D eigenvalue weighted by molar-refractivity contribution is 5.76. The highest BCUT2D eigenvalue weighted by Crippen LogP contribution is 2.04. The Kier molecular flexibility index (Phi) is 8.86. The first-order chi connectivity index (χ1) is 8.83. The zero-order chi connectivity index (χ0) is 13.1. The lowest BCUT2D eigenvalue weighted by molar-refractivity contribution is -0.122. The molecule has 0 aliphatic carbocycles. The Bertz CT molecular complexity index is 216. The summed E-state index contributed by atoms with van der Waals surface area (Å²) in [7, 11) is 0. The van der Waals surface area contributed by atoms with Crippen LogP contribution in [0.3, 0.4) is 0 Å². The van der Waals surface area contributed by atoms with Gasteiger partial charge >= 0.3 is 0 Å². The van der Waals surface area contributed by atoms with E-state index < -0.39 is 0 Å². The Hall–Kier alpha value is -0.610. The Morgan fingerprint density at radius 2 is 2.06 bits per heavy atom. The standard InChI is InChI=1S/C14H28N2O2/c1-2-3-4-5-6-7-8-16-14(17)11-13-12-18-10-9-15-13/h13,15H,2-12H2,1H3,(H,16,17). The minimum Gasteiger partial charge on any atom is -0.378 e. The lowest BCUT2D eigenvalue weighted by atomic mass is 10.1. The Morgan fingerprint density at radius 3 is 2.78 bits per heavy atom. The maximum atomic E-state index is 11.6. The third kappa shape index (κ3) is 7.67. The van der Waals surface area contributed by atoms with Gasteiger partial charge in [-0.1, -0.05) is 39.0 Å². The summed E-state index contributed by atoms with van der Waals surface area (Å²) >= 11 is 0. The number of hydrogen-bond acceptors (Lipinski definition) is 3. The number of carbonyl (C=O) groups excluding carboxylic acids is 1. The predicted octanol–water partition coefficient (Wildman–Crippen LogP) is 1.84. The number of carbonyl (C=O) groups is 1. The van der Waals surface area contributed by atoms with Crippen LogP contribution in [-0.4, -0.2) is 38.3 Å². The number of amides is 1. The van der Waals surface area contributed by atoms with E-state index in [9.17, 15) is 4.79 Å². The first-order valence-electron chi connectivity index (χ1n) is 7.40. The van der Waals surface area contributed by atoms with E-state index in [0.717, 1.165) is 26.1 Å². The average Bonchev–Trinajstić information content (AvgIpc) is 2.39. The second-order valence-corrected chi connectivity index (χ2v) is 5.05. The molecule has 2 N–H and O–H groups in total. The van der Waals surface area contributed by atoms with Gasteiger partial charge in [-0.05, 0) is 6.42 Å². The molecular weight excluding hydrogens is 228 g/mol. The summed E-state index contributed by atoms with van der Waals surface area (Å²) in [5.74, 6) is 0.145. The van der Waals surface area contributed by atoms with Crippen LogP contribution in [0, 0.1) is 0 Å². The van der Waals surface area contributed by atoms with Crippen LogP contribution in [0.25, 0.3) is 0 Å². The summed E-state index contributed by atoms with van der Waals surface area (Å²) in [6, 6.07) is 0.198. The molecule has 1 unspecified atom stereocenters. The molecular formula is C14H28N2O2. The summed E-state index contributed by atoms with van der Waals surface area (Å²) in [6.45, 7) is 5.32. The monoisotopic (exact) mass is 256 g/mol. The van der Waals surface area contributed by atoms with Gasteiger partial charge in [-0.15, -0.1) is 0 Å². The fourth-order valence-electron chi connectivity index (χ4n) is 2.18. The predicted molar refractivity (Wildman–Crippen MR) is 73.6 cm³/mol. The van der Waals surface area contributed by atoms with Gasteiger partial charge in [0.2, 0.25) is 5.91 Å². The molecule has 1 atom stereocenters. The summed E-state index contributed by atoms with van der Waals surface area (Å²) in [5.41, 5.74) is 0. The molecule has 18 heavy (non-hydrogen) atoms. The Morgan fingerprint density at radius 1 is 1.28 bits per heavy atom. The molecule has 1 fully saturated rings. The molecule has 0 saturated carbocycles. The van der Waals surface area contributed by atoms with E-state index in [1.165, 1.54) is 32.1 Å². The van der Waals surface area contributed by atoms with Crippen LogP contribution < -0.4 is 10.6 Å². The smallest absolute Gasteiger partial charge is 0.221 e. The topological polar surface area (TPSA) is 50.4 Å². The number of rotatable bonds is 9. The number of morpholine rings is 1. The molecule has 1 aliphatic rings. The second-order valence-electron chi connectivity index (χ2n) is 5.05. The maximum Gasteiger partial charge on any atom is 0.221 e. The molecule has 0 radical (unpaired) electrons. The summed E-state index contributed by atoms with van der Waals surface area (Å²) < 4.78 is 5.32. The number of nitrogens with one attached hydrogen (secondary N) is 2. The Balaban J connectivity index is 1.90. The van der Waals surface area contributed by atoms with Crippen LogP contribution in [0.15, 0.2) is 0 Å². The van der Waals surface area contributed by atoms with Crippen molar-refractivity contribution in [2.24, 2.45) is 0 Å². The molecule has 1 amide bonds. The van der Waals surface area contributed by atoms with Crippen molar-refractivity contribution in [2.45, 2.75) is 57.9 Å². The number of ether oxygens (including phenoxy) is 1. The third-order valence-corrected chi connectivity index (χ3v) is 3.28. The molecule has 0 bridgehead atoms. The van der Waals surface area contributed by atoms with Crippen LogP contribution in [-0.2, 0) is 9.53 Å². The van der Waals surface area contributed by atoms with E-state index in [1.807, 2.05) is 0 Å². The average molecular weight is 256 g/mol. The quantitative estimate of drug-likeness (QED) is 0.619. The first kappa shape index (κ1) is 15.4. The largest absolute Gasteiger partial charge is 0.378 e. The summed E-state index contributed by atoms with van der Waals surface area (Å²) in [6.07, 6.45) is 8.10. The fraction of sp³-hybridized carbons (Fsp3) is 0.929. The molecule has 1 aliphatic heterocycles. The molecule has 106 valence electrons. The van der Waals surface area contributed by atoms with Gasteiger partial charge < -0.3 is 15.4 Å². The molecule has 1 rings (SSSR count). The van der Waals surface area contributed by atoms with Crippen LogP contribution in [0.1, 0.15) is 51.9 Å². The van der Waals surface area contributed by atoms with E-state index in [-0.39, 0.29) is 11.9 Å². The van der Waals surface area contributed by atoms with Crippen molar-refractivity contribution in [3.8, 4) is 0 Å². The van der Waals surface area contributed by atoms with Crippen molar-refractivity contribution in [3.63, 3.8) is 0 Å². The Labute approximate surface area is 111 Å². The third-order valence-electron chi connectivity index (χ3n) is 3.28. The van der Waals surface area contributed by atoms with Gasteiger partial charge in [0.1, 0.15) is 0 Å². The van der Waals surface area contributed by atoms with Crippen molar-refractivity contribution < 1.29 is 9.53 Å². The highest BCUT2D eigenvalue weighted by atomic mass is 16.5. The fourth-order valence-corrected chi connectivity index (χ4v) is 2.18. The summed E-state index contributed by atoms with van der Waals surface area (Å²) in [5, 5.41) is 6.28. The minimum atomic E-state index is 0.145. The van der Waals surface area contributed by atoms with Crippen molar-refractivity contribution in [1.82, 2.24) is 10.6 Å². The van der Waals surface area contributed by atoms with Crippen molar-refractivity contribution in [3.05, 3.63) is 0 Å².